The van der Waals surface area contributed by atoms with E-state index in [1.54, 1.807) is 6.07 Å². The van der Waals surface area contributed by atoms with Gasteiger partial charge in [-0.25, -0.2) is 4.39 Å². The van der Waals surface area contributed by atoms with Gasteiger partial charge in [0.15, 0.2) is 11.6 Å². The van der Waals surface area contributed by atoms with Crippen LogP contribution in [0.5, 0.6) is 5.75 Å². The summed E-state index contributed by atoms with van der Waals surface area (Å²) in [5.74, 6) is 0.213. The number of hydrogen-bond acceptors (Lipinski definition) is 2. The quantitative estimate of drug-likeness (QED) is 0.822. The molecule has 1 amide bonds. The summed E-state index contributed by atoms with van der Waals surface area (Å²) in [7, 11) is 1.42. The first kappa shape index (κ1) is 16.8. The molecule has 1 aromatic rings. The summed E-state index contributed by atoms with van der Waals surface area (Å²) in [5, 5.41) is 0. The summed E-state index contributed by atoms with van der Waals surface area (Å²) >= 11 is 0. The molecule has 4 heteroatoms. The van der Waals surface area contributed by atoms with E-state index < -0.39 is 5.82 Å². The number of halogens is 1. The van der Waals surface area contributed by atoms with E-state index in [4.69, 9.17) is 4.74 Å². The van der Waals surface area contributed by atoms with Crippen LogP contribution in [0.4, 0.5) is 4.39 Å². The number of nitrogens with zero attached hydrogens (tertiary/aromatic N) is 1. The lowest BCUT2D eigenvalue weighted by Gasteiger charge is -2.29. The van der Waals surface area contributed by atoms with E-state index in [1.807, 2.05) is 4.90 Å². The van der Waals surface area contributed by atoms with Crippen LogP contribution in [0.2, 0.25) is 0 Å². The van der Waals surface area contributed by atoms with Crippen molar-refractivity contribution in [3.05, 3.63) is 29.6 Å². The van der Waals surface area contributed by atoms with Crippen LogP contribution in [0.1, 0.15) is 50.4 Å². The lowest BCUT2D eigenvalue weighted by Crippen LogP contribution is -2.32. The summed E-state index contributed by atoms with van der Waals surface area (Å²) in [5.41, 5.74) is 0.665. The van der Waals surface area contributed by atoms with Crippen molar-refractivity contribution < 1.29 is 13.9 Å². The van der Waals surface area contributed by atoms with Crippen LogP contribution < -0.4 is 4.74 Å². The molecule has 1 aromatic carbocycles. The Morgan fingerprint density at radius 2 is 2.00 bits per heavy atom. The van der Waals surface area contributed by atoms with Crippen LogP contribution in [0.15, 0.2) is 18.2 Å². The molecule has 0 aromatic heterocycles. The molecular formula is C18H26FNO2. The van der Waals surface area contributed by atoms with Gasteiger partial charge in [0.1, 0.15) is 0 Å². The van der Waals surface area contributed by atoms with Gasteiger partial charge in [-0.1, -0.05) is 20.8 Å². The van der Waals surface area contributed by atoms with Crippen molar-refractivity contribution in [2.75, 3.05) is 20.2 Å². The molecule has 0 N–H and O–H groups in total. The van der Waals surface area contributed by atoms with E-state index in [1.165, 1.54) is 19.2 Å². The van der Waals surface area contributed by atoms with Crippen molar-refractivity contribution in [2.45, 2.75) is 40.0 Å². The zero-order valence-electron chi connectivity index (χ0n) is 14.0. The molecule has 0 spiro atoms. The number of benzene rings is 1. The molecule has 122 valence electrons. The highest BCUT2D eigenvalue weighted by Gasteiger charge is 2.28. The van der Waals surface area contributed by atoms with Crippen LogP contribution in [0.3, 0.4) is 0 Å². The predicted molar refractivity (Wildman–Crippen MR) is 85.7 cm³/mol. The highest BCUT2D eigenvalue weighted by atomic mass is 19.1. The van der Waals surface area contributed by atoms with Crippen molar-refractivity contribution in [3.63, 3.8) is 0 Å². The average Bonchev–Trinajstić information content (AvgIpc) is 2.72. The van der Waals surface area contributed by atoms with Gasteiger partial charge in [-0.15, -0.1) is 0 Å². The third-order valence-corrected chi connectivity index (χ3v) is 4.64. The van der Waals surface area contributed by atoms with Crippen LogP contribution in [-0.2, 0) is 0 Å². The lowest BCUT2D eigenvalue weighted by molar-refractivity contribution is 0.0755. The van der Waals surface area contributed by atoms with Crippen molar-refractivity contribution in [1.29, 1.82) is 0 Å². The Balaban J connectivity index is 2.08. The zero-order chi connectivity index (χ0) is 16.3. The number of hydrogen-bond donors (Lipinski definition) is 0. The number of ether oxygens (including phenoxy) is 1. The minimum absolute atomic E-state index is 0.0869. The van der Waals surface area contributed by atoms with Gasteiger partial charge in [-0.05, 0) is 48.8 Å². The average molecular weight is 307 g/mol. The normalized spacial score (nSPS) is 19.7. The van der Waals surface area contributed by atoms with Gasteiger partial charge in [-0.2, -0.15) is 0 Å². The maximum Gasteiger partial charge on any atom is 0.253 e. The Labute approximate surface area is 132 Å². The number of carbonyl (C=O) groups is 1. The summed E-state index contributed by atoms with van der Waals surface area (Å²) in [6, 6.07) is 4.42. The second-order valence-electron chi connectivity index (χ2n) is 7.14. The summed E-state index contributed by atoms with van der Waals surface area (Å²) < 4.78 is 18.7. The molecule has 3 nitrogen and oxygen atoms in total. The lowest BCUT2D eigenvalue weighted by atomic mass is 9.77. The van der Waals surface area contributed by atoms with E-state index >= 15 is 0 Å². The van der Waals surface area contributed by atoms with Crippen molar-refractivity contribution in [3.8, 4) is 5.75 Å². The number of methoxy groups -OCH3 is 1. The van der Waals surface area contributed by atoms with E-state index in [-0.39, 0.29) is 17.1 Å². The molecule has 0 saturated carbocycles. The minimum Gasteiger partial charge on any atom is -0.494 e. The highest BCUT2D eigenvalue weighted by Crippen LogP contribution is 2.34. The van der Waals surface area contributed by atoms with E-state index in [9.17, 15) is 9.18 Å². The van der Waals surface area contributed by atoms with Gasteiger partial charge in [0, 0.05) is 18.7 Å². The van der Waals surface area contributed by atoms with Crippen LogP contribution >= 0.6 is 0 Å². The molecule has 2 rings (SSSR count). The molecule has 0 radical (unpaired) electrons. The predicted octanol–water partition coefficient (Wildman–Crippen LogP) is 4.12. The third-order valence-electron chi connectivity index (χ3n) is 4.64. The maximum absolute atomic E-state index is 13.8. The van der Waals surface area contributed by atoms with Gasteiger partial charge < -0.3 is 9.64 Å². The Morgan fingerprint density at radius 1 is 1.27 bits per heavy atom. The molecule has 1 saturated heterocycles. The number of likely N-dealkylation sites (tertiary alicyclic amines) is 1. The fourth-order valence-corrected chi connectivity index (χ4v) is 3.15. The summed E-state index contributed by atoms with van der Waals surface area (Å²) in [6.07, 6.45) is 3.16. The topological polar surface area (TPSA) is 29.5 Å². The molecule has 1 heterocycles. The van der Waals surface area contributed by atoms with E-state index in [0.29, 0.717) is 11.5 Å². The highest BCUT2D eigenvalue weighted by molar-refractivity contribution is 5.94. The molecule has 22 heavy (non-hydrogen) atoms. The molecular weight excluding hydrogens is 281 g/mol. The van der Waals surface area contributed by atoms with Gasteiger partial charge in [0.2, 0.25) is 0 Å². The Morgan fingerprint density at radius 3 is 2.59 bits per heavy atom. The standard InChI is InChI=1S/C18H26FNO2/c1-18(2,3)14-6-5-10-20(11-9-14)17(21)13-7-8-16(22-4)15(19)12-13/h7-8,12,14H,5-6,9-11H2,1-4H3. The first-order chi connectivity index (χ1) is 10.3. The number of carbonyl (C=O) groups excluding carboxylic acids is 1. The second kappa shape index (κ2) is 6.67. The largest absolute Gasteiger partial charge is 0.494 e. The minimum atomic E-state index is -0.490. The van der Waals surface area contributed by atoms with Crippen LogP contribution in [0.25, 0.3) is 0 Å². The molecule has 0 bridgehead atoms. The number of rotatable bonds is 2. The number of amides is 1. The smallest absolute Gasteiger partial charge is 0.253 e. The van der Waals surface area contributed by atoms with Crippen molar-refractivity contribution in [1.82, 2.24) is 4.90 Å². The summed E-state index contributed by atoms with van der Waals surface area (Å²) in [4.78, 5) is 14.4. The SMILES string of the molecule is COc1ccc(C(=O)N2CCCC(C(C)(C)C)CC2)cc1F. The third kappa shape index (κ3) is 3.79. The molecule has 1 fully saturated rings. The van der Waals surface area contributed by atoms with Crippen molar-refractivity contribution >= 4 is 5.91 Å². The molecule has 1 unspecified atom stereocenters. The molecule has 0 aliphatic carbocycles. The van der Waals surface area contributed by atoms with Crippen LogP contribution in [-0.4, -0.2) is 31.0 Å². The molecule has 1 aliphatic rings. The zero-order valence-corrected chi connectivity index (χ0v) is 14.0. The second-order valence-corrected chi connectivity index (χ2v) is 7.14. The molecule has 1 aliphatic heterocycles. The fraction of sp³-hybridized carbons (Fsp3) is 0.611. The first-order valence-electron chi connectivity index (χ1n) is 7.95. The van der Waals surface area contributed by atoms with Gasteiger partial charge in [-0.3, -0.25) is 4.79 Å². The van der Waals surface area contributed by atoms with E-state index in [2.05, 4.69) is 20.8 Å². The maximum atomic E-state index is 13.8. The van der Waals surface area contributed by atoms with Gasteiger partial charge in [0.25, 0.3) is 5.91 Å². The molecule has 1 atom stereocenters. The fourth-order valence-electron chi connectivity index (χ4n) is 3.15. The summed E-state index contributed by atoms with van der Waals surface area (Å²) in [6.45, 7) is 8.27. The monoisotopic (exact) mass is 307 g/mol. The van der Waals surface area contributed by atoms with Crippen molar-refractivity contribution in [2.24, 2.45) is 11.3 Å². The van der Waals surface area contributed by atoms with Gasteiger partial charge in [0.05, 0.1) is 7.11 Å². The Hall–Kier alpha value is -1.58. The Kier molecular flexibility index (Phi) is 5.09. The van der Waals surface area contributed by atoms with E-state index in [0.717, 1.165) is 32.4 Å². The Bertz CT molecular complexity index is 536. The van der Waals surface area contributed by atoms with Crippen LogP contribution in [0, 0.1) is 17.2 Å². The first-order valence-corrected chi connectivity index (χ1v) is 7.95. The van der Waals surface area contributed by atoms with Gasteiger partial charge >= 0.3 is 0 Å².